The summed E-state index contributed by atoms with van der Waals surface area (Å²) in [6.07, 6.45) is -1.51. The van der Waals surface area contributed by atoms with Crippen LogP contribution in [0.25, 0.3) is 10.8 Å². The lowest BCUT2D eigenvalue weighted by Gasteiger charge is -2.33. The highest BCUT2D eigenvalue weighted by Crippen LogP contribution is 2.40. The predicted octanol–water partition coefficient (Wildman–Crippen LogP) is 4.83. The molecule has 0 radical (unpaired) electrons. The van der Waals surface area contributed by atoms with Crippen molar-refractivity contribution in [3.8, 4) is 0 Å². The molecule has 1 unspecified atom stereocenters. The van der Waals surface area contributed by atoms with Gasteiger partial charge in [-0.15, -0.1) is 23.5 Å². The van der Waals surface area contributed by atoms with Gasteiger partial charge in [0.2, 0.25) is 17.7 Å². The van der Waals surface area contributed by atoms with Crippen molar-refractivity contribution < 1.29 is 24.3 Å². The van der Waals surface area contributed by atoms with Gasteiger partial charge in [-0.3, -0.25) is 19.2 Å². The third-order valence-electron chi connectivity index (χ3n) is 8.88. The van der Waals surface area contributed by atoms with E-state index in [-0.39, 0.29) is 29.9 Å². The van der Waals surface area contributed by atoms with Gasteiger partial charge < -0.3 is 26.0 Å². The number of benzene rings is 4. The average Bonchev–Trinajstić information content (AvgIpc) is 3.43. The molecule has 0 spiro atoms. The van der Waals surface area contributed by atoms with Gasteiger partial charge in [-0.25, -0.2) is 0 Å². The van der Waals surface area contributed by atoms with Crippen LogP contribution in [0.5, 0.6) is 0 Å². The second kappa shape index (κ2) is 16.6. The SMILES string of the molecule is CC(=O)NC(CSc1ccc2ccccc2c1)C(=O)N[C@@H](Cc1ccccc1)[C@H](O)C(=O)N1CSC(C)(C)[C@H]1C(=O)NCc1ccccc1C. The molecule has 1 aliphatic heterocycles. The van der Waals surface area contributed by atoms with Crippen molar-refractivity contribution in [1.82, 2.24) is 20.9 Å². The van der Waals surface area contributed by atoms with E-state index >= 15 is 0 Å². The van der Waals surface area contributed by atoms with E-state index in [9.17, 15) is 24.3 Å². The van der Waals surface area contributed by atoms with Crippen LogP contribution in [0.4, 0.5) is 0 Å². The standard InChI is InChI=1S/C39H44N4O5S2/c1-25-12-8-9-17-30(25)22-40-37(47)35-39(3,4)50-24-43(35)38(48)34(45)32(20-27-13-6-5-7-14-27)42-36(46)33(41-26(2)44)23-49-31-19-18-28-15-10-11-16-29(28)21-31/h5-19,21,32-35,45H,20,22-24H2,1-4H3,(H,40,47)(H,41,44)(H,42,46)/t32-,33?,34-,35+/m0/s1. The molecular weight excluding hydrogens is 669 g/mol. The molecule has 50 heavy (non-hydrogen) atoms. The molecule has 4 aromatic carbocycles. The highest BCUT2D eigenvalue weighted by atomic mass is 32.2. The van der Waals surface area contributed by atoms with Crippen molar-refractivity contribution in [1.29, 1.82) is 0 Å². The van der Waals surface area contributed by atoms with Gasteiger partial charge in [0.15, 0.2) is 6.10 Å². The molecule has 4 N–H and O–H groups in total. The van der Waals surface area contributed by atoms with Crippen LogP contribution in [-0.4, -0.2) is 74.2 Å². The number of carbonyl (C=O) groups excluding carboxylic acids is 4. The second-order valence-electron chi connectivity index (χ2n) is 13.1. The molecule has 4 atom stereocenters. The first-order chi connectivity index (χ1) is 23.9. The average molecular weight is 713 g/mol. The quantitative estimate of drug-likeness (QED) is 0.146. The predicted molar refractivity (Wildman–Crippen MR) is 201 cm³/mol. The Morgan fingerprint density at radius 3 is 2.32 bits per heavy atom. The summed E-state index contributed by atoms with van der Waals surface area (Å²) in [7, 11) is 0. The third kappa shape index (κ3) is 9.26. The summed E-state index contributed by atoms with van der Waals surface area (Å²) in [5, 5.41) is 22.5. The fourth-order valence-corrected chi connectivity index (χ4v) is 8.21. The third-order valence-corrected chi connectivity index (χ3v) is 11.3. The van der Waals surface area contributed by atoms with Gasteiger partial charge in [0, 0.05) is 28.9 Å². The molecule has 0 aromatic heterocycles. The minimum absolute atomic E-state index is 0.151. The van der Waals surface area contributed by atoms with Gasteiger partial charge in [-0.05, 0) is 66.8 Å². The fraction of sp³-hybridized carbons (Fsp3) is 0.333. The van der Waals surface area contributed by atoms with Crippen LogP contribution in [0, 0.1) is 6.92 Å². The van der Waals surface area contributed by atoms with Crippen molar-refractivity contribution in [2.45, 2.75) is 74.5 Å². The second-order valence-corrected chi connectivity index (χ2v) is 15.7. The number of thioether (sulfide) groups is 2. The molecule has 5 rings (SSSR count). The van der Waals surface area contributed by atoms with E-state index in [1.54, 1.807) is 0 Å². The lowest BCUT2D eigenvalue weighted by Crippen LogP contribution is -2.60. The molecule has 4 amide bonds. The number of carbonyl (C=O) groups is 4. The molecule has 1 aliphatic rings. The van der Waals surface area contributed by atoms with Gasteiger partial charge in [-0.2, -0.15) is 0 Å². The van der Waals surface area contributed by atoms with E-state index in [2.05, 4.69) is 16.0 Å². The van der Waals surface area contributed by atoms with E-state index in [1.807, 2.05) is 118 Å². The number of amides is 4. The number of aliphatic hydroxyl groups is 1. The Morgan fingerprint density at radius 1 is 0.920 bits per heavy atom. The molecule has 4 aromatic rings. The van der Waals surface area contributed by atoms with Crippen LogP contribution < -0.4 is 16.0 Å². The number of hydrogen-bond donors (Lipinski definition) is 4. The van der Waals surface area contributed by atoms with Crippen LogP contribution >= 0.6 is 23.5 Å². The summed E-state index contributed by atoms with van der Waals surface area (Å²) in [4.78, 5) is 56.2. The Bertz CT molecular complexity index is 1840. The Balaban J connectivity index is 1.33. The van der Waals surface area contributed by atoms with E-state index in [4.69, 9.17) is 0 Å². The maximum Gasteiger partial charge on any atom is 0.254 e. The smallest absolute Gasteiger partial charge is 0.254 e. The van der Waals surface area contributed by atoms with Gasteiger partial charge in [-0.1, -0.05) is 84.9 Å². The Morgan fingerprint density at radius 2 is 1.60 bits per heavy atom. The molecule has 11 heteroatoms. The van der Waals surface area contributed by atoms with Crippen LogP contribution in [0.15, 0.2) is 102 Å². The van der Waals surface area contributed by atoms with Crippen LogP contribution in [0.3, 0.4) is 0 Å². The minimum atomic E-state index is -1.66. The summed E-state index contributed by atoms with van der Waals surface area (Å²) in [5.41, 5.74) is 2.82. The number of nitrogens with one attached hydrogen (secondary N) is 3. The molecule has 0 bridgehead atoms. The summed E-state index contributed by atoms with van der Waals surface area (Å²) in [6, 6.07) is 28.2. The summed E-state index contributed by atoms with van der Waals surface area (Å²) < 4.78 is -0.625. The molecule has 1 heterocycles. The Kier molecular flexibility index (Phi) is 12.3. The molecule has 9 nitrogen and oxygen atoms in total. The summed E-state index contributed by atoms with van der Waals surface area (Å²) in [6.45, 7) is 7.44. The minimum Gasteiger partial charge on any atom is -0.381 e. The number of nitrogens with zero attached hydrogens (tertiary/aromatic N) is 1. The maximum atomic E-state index is 14.1. The van der Waals surface area contributed by atoms with Crippen molar-refractivity contribution in [2.75, 3.05) is 11.6 Å². The van der Waals surface area contributed by atoms with Crippen molar-refractivity contribution in [2.24, 2.45) is 0 Å². The van der Waals surface area contributed by atoms with Crippen molar-refractivity contribution >= 4 is 57.9 Å². The number of rotatable bonds is 13. The summed E-state index contributed by atoms with van der Waals surface area (Å²) >= 11 is 2.88. The van der Waals surface area contributed by atoms with Gasteiger partial charge in [0.05, 0.1) is 11.9 Å². The molecule has 1 saturated heterocycles. The highest BCUT2D eigenvalue weighted by molar-refractivity contribution is 8.01. The van der Waals surface area contributed by atoms with Crippen LogP contribution in [0.2, 0.25) is 0 Å². The van der Waals surface area contributed by atoms with Crippen molar-refractivity contribution in [3.63, 3.8) is 0 Å². The first-order valence-electron chi connectivity index (χ1n) is 16.6. The summed E-state index contributed by atoms with van der Waals surface area (Å²) in [5.74, 6) is -1.44. The topological polar surface area (TPSA) is 128 Å². The Labute approximate surface area is 302 Å². The van der Waals surface area contributed by atoms with E-state index in [0.717, 1.165) is 32.4 Å². The zero-order valence-electron chi connectivity index (χ0n) is 28.7. The highest BCUT2D eigenvalue weighted by Gasteiger charge is 2.49. The first-order valence-corrected chi connectivity index (χ1v) is 18.6. The number of fused-ring (bicyclic) bond motifs is 1. The number of hydrogen-bond acceptors (Lipinski definition) is 7. The molecule has 0 saturated carbocycles. The van der Waals surface area contributed by atoms with E-state index in [0.29, 0.717) is 6.54 Å². The fourth-order valence-electron chi connectivity index (χ4n) is 6.10. The number of aryl methyl sites for hydroxylation is 1. The van der Waals surface area contributed by atoms with E-state index in [1.165, 1.54) is 35.3 Å². The van der Waals surface area contributed by atoms with E-state index < -0.39 is 40.8 Å². The van der Waals surface area contributed by atoms with Crippen molar-refractivity contribution in [3.05, 3.63) is 114 Å². The zero-order valence-corrected chi connectivity index (χ0v) is 30.4. The lowest BCUT2D eigenvalue weighted by atomic mass is 9.97. The monoisotopic (exact) mass is 712 g/mol. The maximum absolute atomic E-state index is 14.1. The van der Waals surface area contributed by atoms with Gasteiger partial charge in [0.1, 0.15) is 12.1 Å². The van der Waals surface area contributed by atoms with Crippen LogP contribution in [-0.2, 0) is 32.1 Å². The molecule has 262 valence electrons. The number of aliphatic hydroxyl groups excluding tert-OH is 1. The largest absolute Gasteiger partial charge is 0.381 e. The molecule has 0 aliphatic carbocycles. The normalized spacial score (nSPS) is 17.1. The molecule has 1 fully saturated rings. The first kappa shape index (κ1) is 36.9. The van der Waals surface area contributed by atoms with Gasteiger partial charge >= 0.3 is 0 Å². The van der Waals surface area contributed by atoms with Gasteiger partial charge in [0.25, 0.3) is 5.91 Å². The van der Waals surface area contributed by atoms with Crippen LogP contribution in [0.1, 0.15) is 37.5 Å². The molecular formula is C39H44N4O5S2. The zero-order chi connectivity index (χ0) is 35.8. The Hall–Kier alpha value is -4.32. The lowest BCUT2D eigenvalue weighted by molar-refractivity contribution is -0.148.